The molecule has 1 aliphatic heterocycles. The summed E-state index contributed by atoms with van der Waals surface area (Å²) in [7, 11) is 0. The van der Waals surface area contributed by atoms with Crippen molar-refractivity contribution in [1.82, 2.24) is 39.7 Å². The summed E-state index contributed by atoms with van der Waals surface area (Å²) in [5.74, 6) is 0.295. The zero-order valence-corrected chi connectivity index (χ0v) is 20.3. The van der Waals surface area contributed by atoms with E-state index >= 15 is 0 Å². The first-order valence-corrected chi connectivity index (χ1v) is 12.6. The molecule has 36 heavy (non-hydrogen) atoms. The van der Waals surface area contributed by atoms with Crippen LogP contribution in [0.2, 0.25) is 0 Å². The van der Waals surface area contributed by atoms with Crippen molar-refractivity contribution >= 4 is 32.9 Å². The fourth-order valence-electron chi connectivity index (χ4n) is 4.36. The first-order chi connectivity index (χ1) is 17.4. The lowest BCUT2D eigenvalue weighted by molar-refractivity contribution is -0.210. The lowest BCUT2D eigenvalue weighted by Crippen LogP contribution is -2.53. The number of benzene rings is 1. The van der Waals surface area contributed by atoms with Crippen LogP contribution in [0.1, 0.15) is 23.0 Å². The molecule has 0 radical (unpaired) electrons. The Bertz CT molecular complexity index is 1530. The monoisotopic (exact) mass is 528 g/mol. The van der Waals surface area contributed by atoms with Gasteiger partial charge in [0, 0.05) is 11.1 Å². The molecule has 1 aliphatic rings. The molecule has 0 aliphatic carbocycles. The van der Waals surface area contributed by atoms with Crippen LogP contribution in [0.3, 0.4) is 0 Å². The van der Waals surface area contributed by atoms with Gasteiger partial charge in [-0.25, -0.2) is 14.6 Å². The molecule has 0 amide bonds. The van der Waals surface area contributed by atoms with Crippen molar-refractivity contribution in [3.63, 3.8) is 0 Å². The Morgan fingerprint density at radius 1 is 1.11 bits per heavy atom. The fraction of sp³-hybridized carbons (Fsp3) is 0.333. The van der Waals surface area contributed by atoms with E-state index < -0.39 is 37.1 Å². The number of aryl methyl sites for hydroxylation is 1. The van der Waals surface area contributed by atoms with Crippen molar-refractivity contribution in [2.45, 2.75) is 37.4 Å². The molecular formula is C21H20N8O5S2. The van der Waals surface area contributed by atoms with Crippen LogP contribution in [0.4, 0.5) is 0 Å². The standard InChI is InChI=1S/C21H20N8O5S2/c1-9-23-11-3-2-10(4-15(11)36-9)28-8-22-26-20(28)19-18(32)16(17(31)14(6-30)34-19)29-5-12(25-27-29)13-7-35-21(33)24-13/h2-5,7-8,14,16-19,30-32H,6H2,1H3,(H,24,33)/t14-,16+,17+,18-,19-/m1/s1. The highest BCUT2D eigenvalue weighted by Crippen LogP contribution is 2.38. The molecule has 15 heteroatoms. The number of hydrogen-bond donors (Lipinski definition) is 4. The number of aromatic hydroxyl groups is 1. The average Bonchev–Trinajstić information content (AvgIpc) is 3.65. The predicted molar refractivity (Wildman–Crippen MR) is 128 cm³/mol. The van der Waals surface area contributed by atoms with Crippen LogP contribution in [-0.4, -0.2) is 85.1 Å². The summed E-state index contributed by atoms with van der Waals surface area (Å²) in [6, 6.07) is 4.69. The van der Waals surface area contributed by atoms with Gasteiger partial charge in [-0.1, -0.05) is 16.6 Å². The van der Waals surface area contributed by atoms with Crippen molar-refractivity contribution in [2.24, 2.45) is 0 Å². The predicted octanol–water partition coefficient (Wildman–Crippen LogP) is 1.00. The summed E-state index contributed by atoms with van der Waals surface area (Å²) in [6.45, 7) is 1.44. The van der Waals surface area contributed by atoms with Crippen LogP contribution in [0, 0.1) is 6.92 Å². The van der Waals surface area contributed by atoms with Crippen molar-refractivity contribution in [2.75, 3.05) is 6.61 Å². The topological polar surface area (TPSA) is 177 Å². The third kappa shape index (κ3) is 3.85. The van der Waals surface area contributed by atoms with Gasteiger partial charge in [0.05, 0.1) is 28.0 Å². The second kappa shape index (κ2) is 8.95. The van der Waals surface area contributed by atoms with E-state index in [1.807, 2.05) is 25.1 Å². The van der Waals surface area contributed by atoms with E-state index in [9.17, 15) is 20.4 Å². The maximum Gasteiger partial charge on any atom is 0.271 e. The Balaban J connectivity index is 1.37. The van der Waals surface area contributed by atoms with Crippen molar-refractivity contribution < 1.29 is 25.2 Å². The lowest BCUT2D eigenvalue weighted by Gasteiger charge is -2.41. The molecule has 1 aromatic carbocycles. The van der Waals surface area contributed by atoms with E-state index in [1.165, 1.54) is 17.2 Å². The third-order valence-corrected chi connectivity index (χ3v) is 7.63. The first kappa shape index (κ1) is 23.1. The number of ether oxygens (including phenoxy) is 1. The van der Waals surface area contributed by atoms with Gasteiger partial charge in [0.1, 0.15) is 48.2 Å². The third-order valence-electron chi connectivity index (χ3n) is 6.05. The van der Waals surface area contributed by atoms with Gasteiger partial charge in [-0.3, -0.25) is 4.57 Å². The summed E-state index contributed by atoms with van der Waals surface area (Å²) in [4.78, 5) is 8.46. The van der Waals surface area contributed by atoms with Crippen LogP contribution in [0.15, 0.2) is 36.1 Å². The number of fused-ring (bicyclic) bond motifs is 1. The average molecular weight is 529 g/mol. The molecule has 0 unspecified atom stereocenters. The maximum absolute atomic E-state index is 11.4. The minimum absolute atomic E-state index is 0.114. The molecule has 0 saturated carbocycles. The SMILES string of the molecule is Cc1nc2ccc(-n3cnnc3[C@@H]3O[C@H](CO)[C@H](O)[C@H](n4cc(-c5csc(O)n5)nn4)[C@H]3O)cc2s1. The van der Waals surface area contributed by atoms with Crippen LogP contribution in [0.5, 0.6) is 5.19 Å². The zero-order valence-electron chi connectivity index (χ0n) is 18.6. The van der Waals surface area contributed by atoms with E-state index in [0.29, 0.717) is 17.2 Å². The van der Waals surface area contributed by atoms with E-state index in [0.717, 1.165) is 32.2 Å². The van der Waals surface area contributed by atoms with Crippen molar-refractivity contribution in [1.29, 1.82) is 0 Å². The molecule has 5 atom stereocenters. The highest BCUT2D eigenvalue weighted by molar-refractivity contribution is 7.18. The van der Waals surface area contributed by atoms with Crippen LogP contribution < -0.4 is 0 Å². The molecule has 5 heterocycles. The van der Waals surface area contributed by atoms with Gasteiger partial charge in [0.25, 0.3) is 5.19 Å². The maximum atomic E-state index is 11.4. The Morgan fingerprint density at radius 3 is 2.75 bits per heavy atom. The molecule has 5 aromatic rings. The van der Waals surface area contributed by atoms with Crippen LogP contribution >= 0.6 is 22.7 Å². The number of aromatic nitrogens is 8. The molecule has 1 saturated heterocycles. The van der Waals surface area contributed by atoms with Gasteiger partial charge in [-0.05, 0) is 25.1 Å². The highest BCUT2D eigenvalue weighted by Gasteiger charge is 2.48. The summed E-state index contributed by atoms with van der Waals surface area (Å²) in [5.41, 5.74) is 2.38. The van der Waals surface area contributed by atoms with Gasteiger partial charge >= 0.3 is 0 Å². The van der Waals surface area contributed by atoms with Gasteiger partial charge in [-0.2, -0.15) is 0 Å². The Labute approximate surface area is 210 Å². The summed E-state index contributed by atoms with van der Waals surface area (Å²) >= 11 is 2.60. The van der Waals surface area contributed by atoms with Gasteiger partial charge in [0.15, 0.2) is 5.82 Å². The molecule has 186 valence electrons. The van der Waals surface area contributed by atoms with Gasteiger partial charge in [0.2, 0.25) is 0 Å². The summed E-state index contributed by atoms with van der Waals surface area (Å²) < 4.78 is 9.90. The van der Waals surface area contributed by atoms with Gasteiger partial charge in [-0.15, -0.1) is 26.6 Å². The lowest BCUT2D eigenvalue weighted by atomic mass is 9.92. The second-order valence-electron chi connectivity index (χ2n) is 8.29. The molecule has 6 rings (SSSR count). The normalized spacial score (nSPS) is 24.5. The van der Waals surface area contributed by atoms with Crippen LogP contribution in [-0.2, 0) is 4.74 Å². The highest BCUT2D eigenvalue weighted by atomic mass is 32.1. The molecular weight excluding hydrogens is 508 g/mol. The minimum Gasteiger partial charge on any atom is -0.486 e. The largest absolute Gasteiger partial charge is 0.486 e. The molecule has 0 bridgehead atoms. The second-order valence-corrected chi connectivity index (χ2v) is 10.4. The number of hydrogen-bond acceptors (Lipinski definition) is 13. The molecule has 1 fully saturated rings. The number of nitrogens with zero attached hydrogens (tertiary/aromatic N) is 8. The molecule has 4 aromatic heterocycles. The fourth-order valence-corrected chi connectivity index (χ4v) is 5.77. The van der Waals surface area contributed by atoms with Crippen molar-refractivity contribution in [3.8, 4) is 22.3 Å². The molecule has 4 N–H and O–H groups in total. The number of aliphatic hydroxyl groups is 3. The molecule has 13 nitrogen and oxygen atoms in total. The quantitative estimate of drug-likeness (QED) is 0.256. The van der Waals surface area contributed by atoms with Crippen molar-refractivity contribution in [3.05, 3.63) is 46.9 Å². The zero-order chi connectivity index (χ0) is 25.0. The van der Waals surface area contributed by atoms with Gasteiger partial charge < -0.3 is 25.2 Å². The number of thiazole rings is 2. The number of aliphatic hydroxyl groups excluding tert-OH is 3. The van der Waals surface area contributed by atoms with E-state index in [2.05, 4.69) is 30.5 Å². The smallest absolute Gasteiger partial charge is 0.271 e. The number of rotatable bonds is 5. The van der Waals surface area contributed by atoms with E-state index in [-0.39, 0.29) is 5.19 Å². The molecule has 0 spiro atoms. The van der Waals surface area contributed by atoms with E-state index in [4.69, 9.17) is 4.74 Å². The Morgan fingerprint density at radius 2 is 1.97 bits per heavy atom. The first-order valence-electron chi connectivity index (χ1n) is 10.9. The Hall–Kier alpha value is -3.34. The minimum atomic E-state index is -1.32. The van der Waals surface area contributed by atoms with E-state index in [1.54, 1.807) is 21.3 Å². The summed E-state index contributed by atoms with van der Waals surface area (Å²) in [5, 5.41) is 60.6. The van der Waals surface area contributed by atoms with Crippen LogP contribution in [0.25, 0.3) is 27.3 Å². The summed E-state index contributed by atoms with van der Waals surface area (Å²) in [6.07, 6.45) is -1.68. The Kier molecular flexibility index (Phi) is 5.74.